The van der Waals surface area contributed by atoms with E-state index in [4.69, 9.17) is 9.15 Å². The standard InChI is InChI=1S/C28H33N3O6/c1-20-10-3-2-4-11-21(24-14-6-5-13-23(20)24)19-37-28(35)31-25(26(32)33)15-7-8-16-29-27(34)30-18-22-12-9-17-36-22/h2-6,9-10,12-14,17,21,25H,1,7-8,11,15-16,18-19H2,(H,31,35)(H,32,33)(H2,29,30,34)/b4-2-,10-3-. The van der Waals surface area contributed by atoms with Gasteiger partial charge in [0, 0.05) is 12.5 Å². The Morgan fingerprint density at radius 3 is 2.73 bits per heavy atom. The van der Waals surface area contributed by atoms with Crippen molar-refractivity contribution < 1.29 is 28.6 Å². The van der Waals surface area contributed by atoms with Crippen molar-refractivity contribution in [3.8, 4) is 0 Å². The van der Waals surface area contributed by atoms with Gasteiger partial charge in [-0.3, -0.25) is 0 Å². The van der Waals surface area contributed by atoms with Crippen LogP contribution in [0.3, 0.4) is 0 Å². The van der Waals surface area contributed by atoms with Crippen LogP contribution in [-0.2, 0) is 16.1 Å². The topological polar surface area (TPSA) is 130 Å². The minimum absolute atomic E-state index is 0.0943. The number of hydrogen-bond acceptors (Lipinski definition) is 5. The van der Waals surface area contributed by atoms with Crippen molar-refractivity contribution >= 4 is 23.7 Å². The van der Waals surface area contributed by atoms with Crippen LogP contribution in [0, 0.1) is 0 Å². The van der Waals surface area contributed by atoms with E-state index in [0.29, 0.717) is 31.6 Å². The third kappa shape index (κ3) is 9.03. The lowest BCUT2D eigenvalue weighted by Gasteiger charge is -2.20. The molecule has 1 aliphatic carbocycles. The molecule has 4 N–H and O–H groups in total. The molecule has 2 atom stereocenters. The number of aliphatic carboxylic acids is 1. The number of carboxylic acid groups (broad SMARTS) is 1. The van der Waals surface area contributed by atoms with E-state index >= 15 is 0 Å². The Bertz CT molecular complexity index is 1120. The summed E-state index contributed by atoms with van der Waals surface area (Å²) in [5.41, 5.74) is 2.88. The molecule has 3 amide bonds. The van der Waals surface area contributed by atoms with Crippen LogP contribution in [0.25, 0.3) is 5.57 Å². The number of amides is 3. The van der Waals surface area contributed by atoms with Gasteiger partial charge in [-0.05, 0) is 54.5 Å². The van der Waals surface area contributed by atoms with Crippen LogP contribution in [-0.4, -0.2) is 42.4 Å². The monoisotopic (exact) mass is 507 g/mol. The highest BCUT2D eigenvalue weighted by molar-refractivity contribution is 5.80. The van der Waals surface area contributed by atoms with Gasteiger partial charge in [0.05, 0.1) is 12.8 Å². The largest absolute Gasteiger partial charge is 0.480 e. The molecular formula is C28H33N3O6. The van der Waals surface area contributed by atoms with E-state index in [9.17, 15) is 19.5 Å². The molecule has 1 heterocycles. The summed E-state index contributed by atoms with van der Waals surface area (Å²) >= 11 is 0. The number of carboxylic acids is 1. The first-order valence-electron chi connectivity index (χ1n) is 12.3. The van der Waals surface area contributed by atoms with Crippen LogP contribution in [0.4, 0.5) is 9.59 Å². The zero-order chi connectivity index (χ0) is 26.5. The average Bonchev–Trinajstić information content (AvgIpc) is 3.43. The number of benzene rings is 1. The van der Waals surface area contributed by atoms with Crippen LogP contribution in [0.15, 0.2) is 78.0 Å². The number of urea groups is 1. The summed E-state index contributed by atoms with van der Waals surface area (Å²) in [5, 5.41) is 17.3. The molecule has 0 fully saturated rings. The minimum Gasteiger partial charge on any atom is -0.480 e. The van der Waals surface area contributed by atoms with Crippen molar-refractivity contribution in [2.75, 3.05) is 13.2 Å². The highest BCUT2D eigenvalue weighted by Crippen LogP contribution is 2.30. The maximum Gasteiger partial charge on any atom is 0.407 e. The zero-order valence-corrected chi connectivity index (χ0v) is 20.7. The fraction of sp³-hybridized carbons (Fsp3) is 0.321. The fourth-order valence-corrected chi connectivity index (χ4v) is 3.95. The Labute approximate surface area is 216 Å². The molecule has 2 aromatic rings. The number of alkyl carbamates (subject to hydrolysis) is 1. The van der Waals surface area contributed by atoms with Crippen molar-refractivity contribution in [1.29, 1.82) is 0 Å². The summed E-state index contributed by atoms with van der Waals surface area (Å²) < 4.78 is 10.6. The Morgan fingerprint density at radius 1 is 1.11 bits per heavy atom. The second kappa shape index (κ2) is 14.3. The van der Waals surface area contributed by atoms with E-state index in [1.54, 1.807) is 12.1 Å². The normalized spacial score (nSPS) is 17.2. The predicted octanol–water partition coefficient (Wildman–Crippen LogP) is 4.74. The molecule has 1 aliphatic rings. The van der Waals surface area contributed by atoms with Gasteiger partial charge in [0.15, 0.2) is 0 Å². The van der Waals surface area contributed by atoms with E-state index in [1.807, 2.05) is 48.6 Å². The highest BCUT2D eigenvalue weighted by Gasteiger charge is 2.22. The summed E-state index contributed by atoms with van der Waals surface area (Å²) in [7, 11) is 0. The maximum atomic E-state index is 12.4. The highest BCUT2D eigenvalue weighted by atomic mass is 16.5. The molecule has 196 valence electrons. The lowest BCUT2D eigenvalue weighted by atomic mass is 9.89. The third-order valence-electron chi connectivity index (χ3n) is 5.93. The van der Waals surface area contributed by atoms with E-state index in [0.717, 1.165) is 16.7 Å². The van der Waals surface area contributed by atoms with Gasteiger partial charge in [-0.1, -0.05) is 55.1 Å². The first-order valence-corrected chi connectivity index (χ1v) is 12.3. The van der Waals surface area contributed by atoms with Gasteiger partial charge in [-0.2, -0.15) is 0 Å². The Balaban J connectivity index is 1.41. The molecule has 0 radical (unpaired) electrons. The molecule has 0 saturated carbocycles. The second-order valence-corrected chi connectivity index (χ2v) is 8.65. The van der Waals surface area contributed by atoms with Gasteiger partial charge in [0.1, 0.15) is 18.4 Å². The Morgan fingerprint density at radius 2 is 1.95 bits per heavy atom. The van der Waals surface area contributed by atoms with Crippen molar-refractivity contribution in [2.45, 2.75) is 44.2 Å². The number of hydrogen-bond donors (Lipinski definition) is 4. The van der Waals surface area contributed by atoms with Crippen LogP contribution in [0.2, 0.25) is 0 Å². The summed E-state index contributed by atoms with van der Waals surface area (Å²) in [6, 6.07) is 9.92. The number of unbranched alkanes of at least 4 members (excludes halogenated alkanes) is 1. The molecule has 1 aromatic heterocycles. The average molecular weight is 508 g/mol. The summed E-state index contributed by atoms with van der Waals surface area (Å²) in [6.07, 6.45) is 10.5. The molecule has 3 rings (SSSR count). The number of fused-ring (bicyclic) bond motifs is 1. The van der Waals surface area contributed by atoms with E-state index in [1.165, 1.54) is 6.26 Å². The number of carbonyl (C=O) groups excluding carboxylic acids is 2. The van der Waals surface area contributed by atoms with Crippen LogP contribution < -0.4 is 16.0 Å². The van der Waals surface area contributed by atoms with Gasteiger partial charge in [0.25, 0.3) is 0 Å². The Kier molecular flexibility index (Phi) is 10.6. The first kappa shape index (κ1) is 27.3. The summed E-state index contributed by atoms with van der Waals surface area (Å²) in [6.45, 7) is 4.87. The van der Waals surface area contributed by atoms with Crippen LogP contribution in [0.1, 0.15) is 48.5 Å². The minimum atomic E-state index is -1.14. The third-order valence-corrected chi connectivity index (χ3v) is 5.93. The van der Waals surface area contributed by atoms with Crippen LogP contribution >= 0.6 is 0 Å². The van der Waals surface area contributed by atoms with Crippen molar-refractivity contribution in [3.63, 3.8) is 0 Å². The number of carbonyl (C=O) groups is 3. The molecule has 9 heteroatoms. The molecule has 37 heavy (non-hydrogen) atoms. The molecule has 9 nitrogen and oxygen atoms in total. The van der Waals surface area contributed by atoms with E-state index in [2.05, 4.69) is 22.5 Å². The van der Waals surface area contributed by atoms with E-state index in [-0.39, 0.29) is 31.5 Å². The maximum absolute atomic E-state index is 12.4. The van der Waals surface area contributed by atoms with Crippen molar-refractivity contribution in [3.05, 3.63) is 90.4 Å². The number of nitrogens with one attached hydrogen (secondary N) is 3. The molecule has 2 unspecified atom stereocenters. The summed E-state index contributed by atoms with van der Waals surface area (Å²) in [5.74, 6) is -0.590. The molecular weight excluding hydrogens is 474 g/mol. The predicted molar refractivity (Wildman–Crippen MR) is 140 cm³/mol. The lowest BCUT2D eigenvalue weighted by Crippen LogP contribution is -2.41. The van der Waals surface area contributed by atoms with Gasteiger partial charge in [0.2, 0.25) is 0 Å². The molecule has 0 bridgehead atoms. The number of ether oxygens (including phenoxy) is 1. The molecule has 1 aromatic carbocycles. The van der Waals surface area contributed by atoms with E-state index < -0.39 is 18.1 Å². The molecule has 0 spiro atoms. The molecule has 0 aliphatic heterocycles. The van der Waals surface area contributed by atoms with Gasteiger partial charge in [-0.25, -0.2) is 14.4 Å². The number of rotatable bonds is 11. The van der Waals surface area contributed by atoms with Crippen molar-refractivity contribution in [2.24, 2.45) is 0 Å². The number of allylic oxidation sites excluding steroid dienone is 5. The SMILES string of the molecule is C=C1/C=C\C=C/CC(COC(=O)NC(CCCCNC(=O)NCc2ccco2)C(=O)O)c2ccccc21. The number of furan rings is 1. The van der Waals surface area contributed by atoms with Crippen molar-refractivity contribution in [1.82, 2.24) is 16.0 Å². The van der Waals surface area contributed by atoms with Gasteiger partial charge in [-0.15, -0.1) is 0 Å². The van der Waals surface area contributed by atoms with Gasteiger partial charge < -0.3 is 30.2 Å². The lowest BCUT2D eigenvalue weighted by molar-refractivity contribution is -0.139. The second-order valence-electron chi connectivity index (χ2n) is 8.65. The van der Waals surface area contributed by atoms with Gasteiger partial charge >= 0.3 is 18.1 Å². The first-order chi connectivity index (χ1) is 17.9. The quantitative estimate of drug-likeness (QED) is 0.325. The smallest absolute Gasteiger partial charge is 0.407 e. The fourth-order valence-electron chi connectivity index (χ4n) is 3.95. The molecule has 0 saturated heterocycles. The zero-order valence-electron chi connectivity index (χ0n) is 20.7. The van der Waals surface area contributed by atoms with Crippen LogP contribution in [0.5, 0.6) is 0 Å². The Hall–Kier alpha value is -4.27. The summed E-state index contributed by atoms with van der Waals surface area (Å²) in [4.78, 5) is 35.9.